The van der Waals surface area contributed by atoms with Crippen LogP contribution in [0.3, 0.4) is 0 Å². The first-order valence-electron chi connectivity index (χ1n) is 7.95. The van der Waals surface area contributed by atoms with E-state index in [1.807, 2.05) is 12.2 Å². The van der Waals surface area contributed by atoms with E-state index in [2.05, 4.69) is 5.10 Å². The van der Waals surface area contributed by atoms with Crippen molar-refractivity contribution in [2.24, 2.45) is 7.05 Å². The topological polar surface area (TPSA) is 73.2 Å². The van der Waals surface area contributed by atoms with E-state index in [9.17, 15) is 22.8 Å². The van der Waals surface area contributed by atoms with Crippen LogP contribution in [0.15, 0.2) is 18.2 Å². The van der Waals surface area contributed by atoms with E-state index in [0.717, 1.165) is 29.1 Å². The summed E-state index contributed by atoms with van der Waals surface area (Å²) in [7, 11) is 1.77. The van der Waals surface area contributed by atoms with E-state index < -0.39 is 41.1 Å². The molecule has 0 saturated carbocycles. The molecule has 1 aromatic carbocycles. The van der Waals surface area contributed by atoms with Gasteiger partial charge in [-0.15, -0.1) is 0 Å². The third-order valence-corrected chi connectivity index (χ3v) is 3.91. The van der Waals surface area contributed by atoms with Crippen molar-refractivity contribution in [2.75, 3.05) is 5.32 Å². The van der Waals surface area contributed by atoms with Gasteiger partial charge in [0.25, 0.3) is 5.91 Å². The molecule has 9 heteroatoms. The molecule has 0 saturated heterocycles. The van der Waals surface area contributed by atoms with Gasteiger partial charge in [0.2, 0.25) is 0 Å². The van der Waals surface area contributed by atoms with Gasteiger partial charge in [0.15, 0.2) is 23.6 Å². The number of halogens is 3. The van der Waals surface area contributed by atoms with Gasteiger partial charge in [-0.2, -0.15) is 5.10 Å². The molecule has 27 heavy (non-hydrogen) atoms. The molecule has 1 amide bonds. The summed E-state index contributed by atoms with van der Waals surface area (Å²) in [5.74, 6) is -6.32. The number of hydrogen-bond acceptors (Lipinski definition) is 4. The summed E-state index contributed by atoms with van der Waals surface area (Å²) >= 11 is 0. The summed E-state index contributed by atoms with van der Waals surface area (Å²) in [5, 5.41) is 6.25. The Bertz CT molecular complexity index is 922. The molecular weight excluding hydrogens is 363 g/mol. The Hall–Kier alpha value is -3.10. The summed E-state index contributed by atoms with van der Waals surface area (Å²) in [6, 6.07) is 1.54. The third-order valence-electron chi connectivity index (χ3n) is 3.91. The Morgan fingerprint density at radius 1 is 1.22 bits per heavy atom. The molecule has 2 aromatic rings. The van der Waals surface area contributed by atoms with Gasteiger partial charge in [0, 0.05) is 24.4 Å². The first kappa shape index (κ1) is 20.2. The number of esters is 1. The fourth-order valence-corrected chi connectivity index (χ4v) is 2.31. The van der Waals surface area contributed by atoms with Crippen LogP contribution in [0.5, 0.6) is 0 Å². The molecule has 0 unspecified atom stereocenters. The summed E-state index contributed by atoms with van der Waals surface area (Å²) in [4.78, 5) is 23.9. The lowest BCUT2D eigenvalue weighted by molar-refractivity contribution is -0.148. The van der Waals surface area contributed by atoms with E-state index in [4.69, 9.17) is 4.74 Å². The Balaban J connectivity index is 2.00. The normalized spacial score (nSPS) is 12.3. The second kappa shape index (κ2) is 8.07. The molecule has 1 heterocycles. The summed E-state index contributed by atoms with van der Waals surface area (Å²) in [6.07, 6.45) is 1.37. The fourth-order valence-electron chi connectivity index (χ4n) is 2.31. The highest BCUT2D eigenvalue weighted by molar-refractivity contribution is 5.96. The average molecular weight is 381 g/mol. The number of carbonyl (C=O) groups is 2. The van der Waals surface area contributed by atoms with Crippen LogP contribution in [-0.4, -0.2) is 27.8 Å². The van der Waals surface area contributed by atoms with E-state index in [1.165, 1.54) is 13.0 Å². The van der Waals surface area contributed by atoms with Crippen molar-refractivity contribution >= 4 is 23.6 Å². The van der Waals surface area contributed by atoms with Gasteiger partial charge in [-0.25, -0.2) is 18.0 Å². The molecule has 144 valence electrons. The standard InChI is InChI=1S/C18H18F3N3O3/c1-9-12(10(2)24(4)23-9)5-8-15(25)27-11(3)18(26)22-14-7-6-13(19)16(20)17(14)21/h5-8,11H,1-4H3,(H,22,26)/b8-5+/t11-/m0/s1. The highest BCUT2D eigenvalue weighted by Gasteiger charge is 2.20. The molecule has 0 fully saturated rings. The number of ether oxygens (including phenoxy) is 1. The highest BCUT2D eigenvalue weighted by atomic mass is 19.2. The van der Waals surface area contributed by atoms with E-state index in [0.29, 0.717) is 6.07 Å². The van der Waals surface area contributed by atoms with Gasteiger partial charge in [-0.1, -0.05) is 0 Å². The summed E-state index contributed by atoms with van der Waals surface area (Å²) < 4.78 is 46.2. The van der Waals surface area contributed by atoms with Crippen LogP contribution in [0, 0.1) is 31.3 Å². The molecule has 6 nitrogen and oxygen atoms in total. The molecule has 0 aliphatic carbocycles. The minimum Gasteiger partial charge on any atom is -0.449 e. The van der Waals surface area contributed by atoms with Crippen molar-refractivity contribution in [3.05, 3.63) is 52.6 Å². The van der Waals surface area contributed by atoms with E-state index in [-0.39, 0.29) is 0 Å². The maximum absolute atomic E-state index is 13.6. The largest absolute Gasteiger partial charge is 0.449 e. The van der Waals surface area contributed by atoms with E-state index >= 15 is 0 Å². The Morgan fingerprint density at radius 3 is 2.48 bits per heavy atom. The van der Waals surface area contributed by atoms with Crippen molar-refractivity contribution in [1.82, 2.24) is 9.78 Å². The predicted molar refractivity (Wildman–Crippen MR) is 92.2 cm³/mol. The van der Waals surface area contributed by atoms with Crippen molar-refractivity contribution in [3.63, 3.8) is 0 Å². The lowest BCUT2D eigenvalue weighted by Crippen LogP contribution is -2.30. The van der Waals surface area contributed by atoms with Crippen LogP contribution in [0.4, 0.5) is 18.9 Å². The molecule has 1 atom stereocenters. The Kier molecular flexibility index (Phi) is 6.04. The molecule has 1 aromatic heterocycles. The zero-order chi connectivity index (χ0) is 20.3. The Labute approximate surface area is 153 Å². The van der Waals surface area contributed by atoms with E-state index in [1.54, 1.807) is 18.7 Å². The van der Waals surface area contributed by atoms with Crippen LogP contribution in [0.2, 0.25) is 0 Å². The lowest BCUT2D eigenvalue weighted by atomic mass is 10.2. The van der Waals surface area contributed by atoms with Gasteiger partial charge >= 0.3 is 5.97 Å². The number of carbonyl (C=O) groups excluding carboxylic acids is 2. The molecule has 0 aliphatic heterocycles. The first-order chi connectivity index (χ1) is 12.6. The number of nitrogens with zero attached hydrogens (tertiary/aromatic N) is 2. The van der Waals surface area contributed by atoms with Gasteiger partial charge in [0.05, 0.1) is 11.4 Å². The molecule has 0 spiro atoms. The number of nitrogens with one attached hydrogen (secondary N) is 1. The summed E-state index contributed by atoms with van der Waals surface area (Å²) in [6.45, 7) is 4.88. The smallest absolute Gasteiger partial charge is 0.331 e. The van der Waals surface area contributed by atoms with Gasteiger partial charge in [-0.05, 0) is 39.0 Å². The van der Waals surface area contributed by atoms with Crippen LogP contribution < -0.4 is 5.32 Å². The number of anilines is 1. The van der Waals surface area contributed by atoms with Crippen LogP contribution in [0.25, 0.3) is 6.08 Å². The minimum absolute atomic E-state index is 0.557. The molecule has 0 bridgehead atoms. The number of amides is 1. The number of aryl methyl sites for hydroxylation is 2. The van der Waals surface area contributed by atoms with Crippen LogP contribution in [-0.2, 0) is 21.4 Å². The predicted octanol–water partition coefficient (Wildman–Crippen LogP) is 3.04. The van der Waals surface area contributed by atoms with Crippen molar-refractivity contribution in [3.8, 4) is 0 Å². The van der Waals surface area contributed by atoms with Crippen molar-refractivity contribution < 1.29 is 27.5 Å². The second-order valence-electron chi connectivity index (χ2n) is 5.83. The van der Waals surface area contributed by atoms with Crippen LogP contribution >= 0.6 is 0 Å². The average Bonchev–Trinajstić information content (AvgIpc) is 2.85. The molecular formula is C18H18F3N3O3. The Morgan fingerprint density at radius 2 is 1.89 bits per heavy atom. The quantitative estimate of drug-likeness (QED) is 0.491. The first-order valence-corrected chi connectivity index (χ1v) is 7.95. The summed E-state index contributed by atoms with van der Waals surface area (Å²) in [5.41, 5.74) is 1.75. The monoisotopic (exact) mass is 381 g/mol. The SMILES string of the molecule is Cc1nn(C)c(C)c1/C=C/C(=O)O[C@@H](C)C(=O)Nc1ccc(F)c(F)c1F. The number of rotatable bonds is 5. The number of benzene rings is 1. The maximum atomic E-state index is 13.6. The van der Waals surface area contributed by atoms with Gasteiger partial charge in [0.1, 0.15) is 0 Å². The van der Waals surface area contributed by atoms with Crippen molar-refractivity contribution in [2.45, 2.75) is 26.9 Å². The zero-order valence-corrected chi connectivity index (χ0v) is 15.1. The van der Waals surface area contributed by atoms with Gasteiger partial charge in [-0.3, -0.25) is 9.48 Å². The van der Waals surface area contributed by atoms with Gasteiger partial charge < -0.3 is 10.1 Å². The minimum atomic E-state index is -1.71. The number of hydrogen-bond donors (Lipinski definition) is 1. The molecule has 0 aliphatic rings. The molecule has 0 radical (unpaired) electrons. The zero-order valence-electron chi connectivity index (χ0n) is 15.1. The molecule has 2 rings (SSSR count). The lowest BCUT2D eigenvalue weighted by Gasteiger charge is -2.13. The molecule has 1 N–H and O–H groups in total. The highest BCUT2D eigenvalue weighted by Crippen LogP contribution is 2.20. The maximum Gasteiger partial charge on any atom is 0.331 e. The van der Waals surface area contributed by atoms with Crippen LogP contribution in [0.1, 0.15) is 23.9 Å². The van der Waals surface area contributed by atoms with Crippen molar-refractivity contribution in [1.29, 1.82) is 0 Å². The number of aromatic nitrogens is 2. The third kappa shape index (κ3) is 4.55. The second-order valence-corrected chi connectivity index (χ2v) is 5.83. The fraction of sp³-hybridized carbons (Fsp3) is 0.278.